The normalized spacial score (nSPS) is 19.9. The Balaban J connectivity index is 2.29. The van der Waals surface area contributed by atoms with E-state index in [1.807, 2.05) is 20.8 Å². The highest BCUT2D eigenvalue weighted by atomic mass is 32.2. The fourth-order valence-electron chi connectivity index (χ4n) is 4.11. The molecule has 35 heavy (non-hydrogen) atoms. The minimum absolute atomic E-state index is 0.135. The lowest BCUT2D eigenvalue weighted by atomic mass is 9.84. The van der Waals surface area contributed by atoms with Crippen molar-refractivity contribution in [2.75, 3.05) is 32.4 Å². The van der Waals surface area contributed by atoms with Gasteiger partial charge in [-0.15, -0.1) is 0 Å². The minimum Gasteiger partial charge on any atom is -0.478 e. The average Bonchev–Trinajstić information content (AvgIpc) is 3.00. The Morgan fingerprint density at radius 3 is 2.40 bits per heavy atom. The number of hydrogen-bond donors (Lipinski definition) is 3. The van der Waals surface area contributed by atoms with Crippen LogP contribution in [-0.2, 0) is 25.0 Å². The highest BCUT2D eigenvalue weighted by Gasteiger charge is 2.59. The molecular formula is C23H30N4O7S. The van der Waals surface area contributed by atoms with E-state index in [2.05, 4.69) is 15.0 Å². The van der Waals surface area contributed by atoms with Crippen LogP contribution in [0.2, 0.25) is 0 Å². The number of benzene rings is 1. The van der Waals surface area contributed by atoms with Crippen LogP contribution in [-0.4, -0.2) is 63.6 Å². The summed E-state index contributed by atoms with van der Waals surface area (Å²) in [6, 6.07) is 5.26. The van der Waals surface area contributed by atoms with E-state index >= 15 is 0 Å². The molecule has 0 fully saturated rings. The molecule has 1 aromatic heterocycles. The average molecular weight is 507 g/mol. The van der Waals surface area contributed by atoms with Gasteiger partial charge < -0.3 is 24.8 Å². The molecule has 1 aliphatic rings. The number of likely N-dealkylation sites (N-methyl/N-ethyl adjacent to an activating group) is 1. The van der Waals surface area contributed by atoms with Crippen molar-refractivity contribution in [3.8, 4) is 11.5 Å². The highest BCUT2D eigenvalue weighted by Crippen LogP contribution is 2.53. The number of anilines is 1. The van der Waals surface area contributed by atoms with E-state index in [9.17, 15) is 23.1 Å². The number of rotatable bonds is 7. The van der Waals surface area contributed by atoms with E-state index in [-0.39, 0.29) is 17.2 Å². The molecule has 12 heteroatoms. The van der Waals surface area contributed by atoms with E-state index in [0.717, 1.165) is 11.8 Å². The van der Waals surface area contributed by atoms with Crippen LogP contribution in [0.25, 0.3) is 0 Å². The summed E-state index contributed by atoms with van der Waals surface area (Å²) in [5.41, 5.74) is -0.847. The topological polar surface area (TPSA) is 147 Å². The smallest absolute Gasteiger partial charge is 0.359 e. The fraction of sp³-hybridized carbons (Fsp3) is 0.435. The van der Waals surface area contributed by atoms with Gasteiger partial charge in [0.2, 0.25) is 10.0 Å². The van der Waals surface area contributed by atoms with Crippen molar-refractivity contribution < 1.29 is 32.6 Å². The largest absolute Gasteiger partial charge is 0.478 e. The van der Waals surface area contributed by atoms with Crippen LogP contribution >= 0.6 is 0 Å². The van der Waals surface area contributed by atoms with Crippen molar-refractivity contribution in [2.24, 2.45) is 0 Å². The van der Waals surface area contributed by atoms with Crippen molar-refractivity contribution in [1.29, 1.82) is 0 Å². The summed E-state index contributed by atoms with van der Waals surface area (Å²) < 4.78 is 38.6. The molecule has 2 atom stereocenters. The number of ether oxygens (including phenoxy) is 2. The Bertz CT molecular complexity index is 1270. The number of carbonyl (C=O) groups is 2. The second-order valence-corrected chi connectivity index (χ2v) is 11.1. The SMILES string of the molecule is CNC(=O)c1cc(Oc2cc(C(C)(C)C)cc3c2N(C)C(OC)(C(=O)O)C3NS(C)(=O)=O)ccn1. The van der Waals surface area contributed by atoms with Gasteiger partial charge in [0.25, 0.3) is 11.6 Å². The number of aromatic nitrogens is 1. The van der Waals surface area contributed by atoms with Crippen molar-refractivity contribution in [3.05, 3.63) is 47.3 Å². The lowest BCUT2D eigenvalue weighted by Crippen LogP contribution is -2.59. The van der Waals surface area contributed by atoms with E-state index in [4.69, 9.17) is 9.47 Å². The molecular weight excluding hydrogens is 476 g/mol. The monoisotopic (exact) mass is 506 g/mol. The summed E-state index contributed by atoms with van der Waals surface area (Å²) in [5.74, 6) is -1.22. The highest BCUT2D eigenvalue weighted by molar-refractivity contribution is 7.88. The zero-order valence-electron chi connectivity index (χ0n) is 20.7. The molecule has 2 unspecified atom stereocenters. The number of pyridine rings is 1. The first-order chi connectivity index (χ1) is 16.2. The van der Waals surface area contributed by atoms with Gasteiger partial charge >= 0.3 is 5.97 Å². The number of carboxylic acid groups (broad SMARTS) is 1. The molecule has 2 aromatic rings. The maximum absolute atomic E-state index is 12.5. The van der Waals surface area contributed by atoms with E-state index in [1.54, 1.807) is 18.2 Å². The summed E-state index contributed by atoms with van der Waals surface area (Å²) in [6.45, 7) is 5.90. The number of amides is 1. The van der Waals surface area contributed by atoms with Crippen LogP contribution in [0.15, 0.2) is 30.5 Å². The first-order valence-electron chi connectivity index (χ1n) is 10.7. The number of hydrogen-bond acceptors (Lipinski definition) is 8. The van der Waals surface area contributed by atoms with Crippen LogP contribution in [0.4, 0.5) is 5.69 Å². The molecule has 0 radical (unpaired) electrons. The number of aliphatic carboxylic acids is 1. The fourth-order valence-corrected chi connectivity index (χ4v) is 4.82. The molecule has 11 nitrogen and oxygen atoms in total. The van der Waals surface area contributed by atoms with Gasteiger partial charge in [0, 0.05) is 39.0 Å². The third-order valence-corrected chi connectivity index (χ3v) is 6.54. The van der Waals surface area contributed by atoms with Crippen LogP contribution in [0.5, 0.6) is 11.5 Å². The number of nitrogens with zero attached hydrogens (tertiary/aromatic N) is 2. The van der Waals surface area contributed by atoms with Crippen molar-refractivity contribution in [1.82, 2.24) is 15.0 Å². The third kappa shape index (κ3) is 4.81. The molecule has 0 saturated carbocycles. The first-order valence-corrected chi connectivity index (χ1v) is 12.6. The lowest BCUT2D eigenvalue weighted by molar-refractivity contribution is -0.164. The quantitative estimate of drug-likeness (QED) is 0.513. The molecule has 0 aliphatic carbocycles. The molecule has 190 valence electrons. The Hall–Kier alpha value is -3.22. The Morgan fingerprint density at radius 2 is 1.89 bits per heavy atom. The number of carbonyl (C=O) groups excluding carboxylic acids is 1. The lowest BCUT2D eigenvalue weighted by Gasteiger charge is -2.36. The molecule has 0 saturated heterocycles. The molecule has 0 bridgehead atoms. The van der Waals surface area contributed by atoms with Gasteiger partial charge in [-0.3, -0.25) is 9.78 Å². The second kappa shape index (κ2) is 9.10. The van der Waals surface area contributed by atoms with Crippen LogP contribution in [0.3, 0.4) is 0 Å². The summed E-state index contributed by atoms with van der Waals surface area (Å²) in [7, 11) is 0.342. The van der Waals surface area contributed by atoms with Gasteiger partial charge in [0.15, 0.2) is 5.75 Å². The van der Waals surface area contributed by atoms with Crippen LogP contribution < -0.4 is 19.7 Å². The van der Waals surface area contributed by atoms with Gasteiger partial charge in [-0.1, -0.05) is 26.8 Å². The van der Waals surface area contributed by atoms with Gasteiger partial charge in [-0.05, 0) is 23.1 Å². The number of methoxy groups -OCH3 is 1. The molecule has 1 amide bonds. The summed E-state index contributed by atoms with van der Waals surface area (Å²) in [6.07, 6.45) is 2.37. The first kappa shape index (κ1) is 26.4. The van der Waals surface area contributed by atoms with Crippen molar-refractivity contribution in [2.45, 2.75) is 38.0 Å². The summed E-state index contributed by atoms with van der Waals surface area (Å²) in [4.78, 5) is 29.9. The number of sulfonamides is 1. The molecule has 3 rings (SSSR count). The maximum Gasteiger partial charge on any atom is 0.359 e. The number of fused-ring (bicyclic) bond motifs is 1. The van der Waals surface area contributed by atoms with E-state index in [1.165, 1.54) is 38.4 Å². The number of carboxylic acids is 1. The molecule has 1 aliphatic heterocycles. The summed E-state index contributed by atoms with van der Waals surface area (Å²) in [5, 5.41) is 12.7. The molecule has 2 heterocycles. The number of nitrogens with one attached hydrogen (secondary N) is 2. The second-order valence-electron chi connectivity index (χ2n) is 9.31. The van der Waals surface area contributed by atoms with Crippen molar-refractivity contribution in [3.63, 3.8) is 0 Å². The predicted octanol–water partition coefficient (Wildman–Crippen LogP) is 2.00. The van der Waals surface area contributed by atoms with Gasteiger partial charge in [0.05, 0.1) is 11.9 Å². The Morgan fingerprint density at radius 1 is 1.23 bits per heavy atom. The van der Waals surface area contributed by atoms with Gasteiger partial charge in [-0.25, -0.2) is 17.9 Å². The molecule has 1 aromatic carbocycles. The zero-order chi connectivity index (χ0) is 26.3. The van der Waals surface area contributed by atoms with E-state index in [0.29, 0.717) is 11.3 Å². The standard InChI is InChI=1S/C23H30N4O7S/c1-22(2,3)13-10-15-18(17(11-13)34-14-8-9-25-16(12-14)20(28)24-4)27(5)23(33-6,21(29)30)19(15)26-35(7,31)32/h8-12,19,26H,1-7H3,(H,24,28)(H,29,30). The Labute approximate surface area is 204 Å². The van der Waals surface area contributed by atoms with Crippen molar-refractivity contribution >= 4 is 27.6 Å². The maximum atomic E-state index is 12.5. The van der Waals surface area contributed by atoms with Gasteiger partial charge in [-0.2, -0.15) is 0 Å². The molecule has 3 N–H and O–H groups in total. The zero-order valence-corrected chi connectivity index (χ0v) is 21.5. The summed E-state index contributed by atoms with van der Waals surface area (Å²) >= 11 is 0. The van der Waals surface area contributed by atoms with Crippen LogP contribution in [0, 0.1) is 0 Å². The van der Waals surface area contributed by atoms with Gasteiger partial charge in [0.1, 0.15) is 17.5 Å². The van der Waals surface area contributed by atoms with E-state index < -0.39 is 39.1 Å². The minimum atomic E-state index is -3.84. The third-order valence-electron chi connectivity index (χ3n) is 5.87. The van der Waals surface area contributed by atoms with Crippen LogP contribution in [0.1, 0.15) is 48.4 Å². The Kier molecular flexibility index (Phi) is 6.86. The predicted molar refractivity (Wildman–Crippen MR) is 129 cm³/mol. The molecule has 0 spiro atoms.